The third-order valence-electron chi connectivity index (χ3n) is 1.57. The molecule has 1 rings (SSSR count). The Balaban J connectivity index is 2.97. The molecule has 13 heavy (non-hydrogen) atoms. The molecule has 0 aromatic heterocycles. The number of hydrogen-bond acceptors (Lipinski definition) is 2. The van der Waals surface area contributed by atoms with Crippen molar-refractivity contribution in [2.45, 2.75) is 12.4 Å². The summed E-state index contributed by atoms with van der Waals surface area (Å²) in [4.78, 5) is 11.3. The van der Waals surface area contributed by atoms with E-state index in [0.29, 0.717) is 0 Å². The maximum absolute atomic E-state index is 12.4. The summed E-state index contributed by atoms with van der Waals surface area (Å²) in [5.41, 5.74) is -1.72. The van der Waals surface area contributed by atoms with E-state index in [2.05, 4.69) is 0 Å². The maximum atomic E-state index is 12.4. The van der Waals surface area contributed by atoms with Crippen LogP contribution in [0.25, 0.3) is 0 Å². The second-order valence-corrected chi connectivity index (χ2v) is 2.98. The molecule has 1 N–H and O–H groups in total. The molecular formula is C9H8BFO2. The van der Waals surface area contributed by atoms with E-state index in [4.69, 9.17) is 13.0 Å². The Bertz CT molecular complexity index is 313. The van der Waals surface area contributed by atoms with Crippen LogP contribution in [0.15, 0.2) is 24.3 Å². The lowest BCUT2D eigenvalue weighted by atomic mass is 9.77. The fraction of sp³-hybridized carbons (Fsp3) is 0.222. The topological polar surface area (TPSA) is 37.3 Å². The van der Waals surface area contributed by atoms with E-state index in [0.717, 1.165) is 12.1 Å². The number of ketones is 1. The summed E-state index contributed by atoms with van der Waals surface area (Å²) >= 11 is 0. The smallest absolute Gasteiger partial charge is 0.184 e. The highest BCUT2D eigenvalue weighted by molar-refractivity contribution is 6.30. The summed E-state index contributed by atoms with van der Waals surface area (Å²) < 4.78 is 12.4. The molecule has 4 heteroatoms. The molecule has 0 aliphatic carbocycles. The SMILES string of the molecule is [B]C(C)(O)C(=O)c1ccc(F)cc1. The highest BCUT2D eigenvalue weighted by Crippen LogP contribution is 2.10. The van der Waals surface area contributed by atoms with Gasteiger partial charge in [-0.25, -0.2) is 4.39 Å². The normalized spacial score (nSPS) is 15.0. The summed E-state index contributed by atoms with van der Waals surface area (Å²) in [6.07, 6.45) is 0. The zero-order chi connectivity index (χ0) is 10.1. The zero-order valence-electron chi connectivity index (χ0n) is 7.12. The highest BCUT2D eigenvalue weighted by Gasteiger charge is 2.24. The van der Waals surface area contributed by atoms with Crippen LogP contribution < -0.4 is 0 Å². The first-order valence-corrected chi connectivity index (χ1v) is 3.73. The van der Waals surface area contributed by atoms with Crippen LogP contribution in [0.1, 0.15) is 17.3 Å². The van der Waals surface area contributed by atoms with Crippen molar-refractivity contribution in [1.82, 2.24) is 0 Å². The predicted octanol–water partition coefficient (Wildman–Crippen LogP) is 0.885. The largest absolute Gasteiger partial charge is 0.392 e. The van der Waals surface area contributed by atoms with Crippen molar-refractivity contribution in [1.29, 1.82) is 0 Å². The van der Waals surface area contributed by atoms with Crippen molar-refractivity contribution in [2.75, 3.05) is 0 Å². The Morgan fingerprint density at radius 2 is 1.92 bits per heavy atom. The summed E-state index contributed by atoms with van der Waals surface area (Å²) in [7, 11) is 5.16. The lowest BCUT2D eigenvalue weighted by molar-refractivity contribution is 0.0687. The second kappa shape index (κ2) is 3.30. The van der Waals surface area contributed by atoms with Crippen LogP contribution in [0.4, 0.5) is 4.39 Å². The molecule has 0 heterocycles. The van der Waals surface area contributed by atoms with Crippen molar-refractivity contribution >= 4 is 13.6 Å². The molecule has 2 radical (unpaired) electrons. The fourth-order valence-corrected chi connectivity index (χ4v) is 0.893. The molecule has 0 amide bonds. The summed E-state index contributed by atoms with van der Waals surface area (Å²) in [6.45, 7) is 1.18. The van der Waals surface area contributed by atoms with Crippen molar-refractivity contribution in [2.24, 2.45) is 0 Å². The maximum Gasteiger partial charge on any atom is 0.184 e. The summed E-state index contributed by atoms with van der Waals surface area (Å²) in [5, 5.41) is 9.14. The molecule has 2 nitrogen and oxygen atoms in total. The Labute approximate surface area is 76.8 Å². The molecule has 0 aliphatic heterocycles. The molecule has 1 unspecified atom stereocenters. The number of carbonyl (C=O) groups is 1. The van der Waals surface area contributed by atoms with E-state index in [-0.39, 0.29) is 5.56 Å². The Kier molecular flexibility index (Phi) is 2.52. The van der Waals surface area contributed by atoms with Gasteiger partial charge in [-0.2, -0.15) is 0 Å². The highest BCUT2D eigenvalue weighted by atomic mass is 19.1. The molecular weight excluding hydrogens is 170 g/mol. The van der Waals surface area contributed by atoms with Crippen molar-refractivity contribution in [3.63, 3.8) is 0 Å². The van der Waals surface area contributed by atoms with E-state index >= 15 is 0 Å². The minimum absolute atomic E-state index is 0.189. The van der Waals surface area contributed by atoms with Gasteiger partial charge in [0, 0.05) is 5.56 Å². The molecule has 1 aromatic carbocycles. The predicted molar refractivity (Wildman–Crippen MR) is 47.1 cm³/mol. The summed E-state index contributed by atoms with van der Waals surface area (Å²) in [6, 6.07) is 4.83. The van der Waals surface area contributed by atoms with Gasteiger partial charge in [0.15, 0.2) is 5.78 Å². The van der Waals surface area contributed by atoms with Crippen LogP contribution in [0, 0.1) is 5.82 Å². The zero-order valence-corrected chi connectivity index (χ0v) is 7.12. The third-order valence-corrected chi connectivity index (χ3v) is 1.57. The Morgan fingerprint density at radius 1 is 1.46 bits per heavy atom. The number of rotatable bonds is 2. The molecule has 1 atom stereocenters. The van der Waals surface area contributed by atoms with Crippen LogP contribution in [0.5, 0.6) is 0 Å². The number of aliphatic hydroxyl groups is 1. The van der Waals surface area contributed by atoms with Gasteiger partial charge in [-0.1, -0.05) is 0 Å². The van der Waals surface area contributed by atoms with Crippen LogP contribution >= 0.6 is 0 Å². The first-order chi connectivity index (χ1) is 5.91. The van der Waals surface area contributed by atoms with E-state index in [1.165, 1.54) is 19.1 Å². The first-order valence-electron chi connectivity index (χ1n) is 3.73. The summed E-state index contributed by atoms with van der Waals surface area (Å²) in [5.74, 6) is -1.07. The van der Waals surface area contributed by atoms with Crippen LogP contribution in [0.2, 0.25) is 0 Å². The molecule has 0 aliphatic rings. The number of carbonyl (C=O) groups excluding carboxylic acids is 1. The third kappa shape index (κ3) is 2.39. The van der Waals surface area contributed by atoms with Gasteiger partial charge in [-0.05, 0) is 31.2 Å². The first kappa shape index (κ1) is 9.93. The number of Topliss-reactive ketones (excluding diaryl/α,β-unsaturated/α-hetero) is 1. The second-order valence-electron chi connectivity index (χ2n) is 2.98. The molecule has 0 saturated heterocycles. The number of halogens is 1. The minimum Gasteiger partial charge on any atom is -0.392 e. The van der Waals surface area contributed by atoms with Gasteiger partial charge in [0.2, 0.25) is 0 Å². The average Bonchev–Trinajstić information content (AvgIpc) is 2.03. The van der Waals surface area contributed by atoms with Gasteiger partial charge in [0.05, 0.1) is 5.50 Å². The molecule has 0 fully saturated rings. The van der Waals surface area contributed by atoms with Gasteiger partial charge in [-0.3, -0.25) is 4.79 Å². The number of benzene rings is 1. The fourth-order valence-electron chi connectivity index (χ4n) is 0.893. The molecule has 0 spiro atoms. The lowest BCUT2D eigenvalue weighted by Crippen LogP contribution is -2.35. The van der Waals surface area contributed by atoms with Crippen LogP contribution in [-0.2, 0) is 0 Å². The quantitative estimate of drug-likeness (QED) is 0.539. The standard InChI is InChI=1S/C9H8BFO2/c1-9(10,13)8(12)6-2-4-7(11)5-3-6/h2-5,13H,1H3. The van der Waals surface area contributed by atoms with Gasteiger partial charge < -0.3 is 5.11 Å². The molecule has 66 valence electrons. The monoisotopic (exact) mass is 178 g/mol. The van der Waals surface area contributed by atoms with Crippen molar-refractivity contribution in [3.05, 3.63) is 35.6 Å². The molecule has 0 saturated carbocycles. The van der Waals surface area contributed by atoms with E-state index in [1.807, 2.05) is 0 Å². The minimum atomic E-state index is -1.90. The van der Waals surface area contributed by atoms with Gasteiger partial charge in [0.25, 0.3) is 0 Å². The Morgan fingerprint density at radius 3 is 2.31 bits per heavy atom. The van der Waals surface area contributed by atoms with Crippen LogP contribution in [0.3, 0.4) is 0 Å². The van der Waals surface area contributed by atoms with E-state index < -0.39 is 17.1 Å². The molecule has 1 aromatic rings. The van der Waals surface area contributed by atoms with Crippen molar-refractivity contribution in [3.8, 4) is 0 Å². The van der Waals surface area contributed by atoms with Gasteiger partial charge >= 0.3 is 0 Å². The van der Waals surface area contributed by atoms with Crippen molar-refractivity contribution < 1.29 is 14.3 Å². The average molecular weight is 178 g/mol. The van der Waals surface area contributed by atoms with E-state index in [9.17, 15) is 9.18 Å². The van der Waals surface area contributed by atoms with E-state index in [1.54, 1.807) is 0 Å². The number of hydrogen-bond donors (Lipinski definition) is 1. The Hall–Kier alpha value is -1.16. The van der Waals surface area contributed by atoms with Crippen LogP contribution in [-0.4, -0.2) is 24.2 Å². The van der Waals surface area contributed by atoms with Gasteiger partial charge in [-0.15, -0.1) is 0 Å². The lowest BCUT2D eigenvalue weighted by Gasteiger charge is -2.15. The molecule has 0 bridgehead atoms. The van der Waals surface area contributed by atoms with Gasteiger partial charge in [0.1, 0.15) is 13.7 Å².